The summed E-state index contributed by atoms with van der Waals surface area (Å²) in [4.78, 5) is 30.4. The first-order valence-electron chi connectivity index (χ1n) is 16.4. The Kier molecular flexibility index (Phi) is 12.1. The number of halogens is 1. The van der Waals surface area contributed by atoms with Crippen LogP contribution in [0.25, 0.3) is 0 Å². The molecule has 0 aliphatic heterocycles. The number of ether oxygens (including phenoxy) is 1. The van der Waals surface area contributed by atoms with Crippen molar-refractivity contribution in [2.24, 2.45) is 0 Å². The van der Waals surface area contributed by atoms with E-state index in [-0.39, 0.29) is 29.8 Å². The Morgan fingerprint density at radius 2 is 1.46 bits per heavy atom. The molecular weight excluding hydrogens is 646 g/mol. The summed E-state index contributed by atoms with van der Waals surface area (Å²) in [5.74, 6) is -0.194. The molecule has 1 atom stereocenters. The molecule has 1 aliphatic rings. The molecule has 0 unspecified atom stereocenters. The first-order valence-corrected chi connectivity index (χ1v) is 18.2. The minimum atomic E-state index is -4.19. The first-order chi connectivity index (χ1) is 23.2. The van der Waals surface area contributed by atoms with Gasteiger partial charge in [0.1, 0.15) is 18.3 Å². The fourth-order valence-electron chi connectivity index (χ4n) is 6.01. The minimum absolute atomic E-state index is 0.0239. The summed E-state index contributed by atoms with van der Waals surface area (Å²) < 4.78 is 35.1. The van der Waals surface area contributed by atoms with E-state index in [2.05, 4.69) is 5.32 Å². The van der Waals surface area contributed by atoms with Gasteiger partial charge in [-0.1, -0.05) is 91.5 Å². The predicted octanol–water partition coefficient (Wildman–Crippen LogP) is 7.02. The minimum Gasteiger partial charge on any atom is -0.494 e. The highest BCUT2D eigenvalue weighted by molar-refractivity contribution is 7.92. The number of nitrogens with one attached hydrogen (secondary N) is 1. The van der Waals surface area contributed by atoms with E-state index in [1.165, 1.54) is 17.0 Å². The van der Waals surface area contributed by atoms with Gasteiger partial charge in [-0.3, -0.25) is 13.9 Å². The number of amides is 2. The monoisotopic (exact) mass is 687 g/mol. The van der Waals surface area contributed by atoms with Crippen molar-refractivity contribution in [2.45, 2.75) is 69.0 Å². The summed E-state index contributed by atoms with van der Waals surface area (Å²) in [6.07, 6.45) is 5.24. The molecular formula is C38H42ClN3O5S. The van der Waals surface area contributed by atoms with Gasteiger partial charge >= 0.3 is 0 Å². The van der Waals surface area contributed by atoms with E-state index in [9.17, 15) is 18.0 Å². The van der Waals surface area contributed by atoms with Gasteiger partial charge in [0.15, 0.2) is 0 Å². The number of hydrogen-bond donors (Lipinski definition) is 1. The van der Waals surface area contributed by atoms with Gasteiger partial charge in [0.25, 0.3) is 10.0 Å². The van der Waals surface area contributed by atoms with Crippen LogP contribution in [0.5, 0.6) is 5.75 Å². The van der Waals surface area contributed by atoms with Crippen molar-refractivity contribution in [1.29, 1.82) is 0 Å². The second kappa shape index (κ2) is 16.7. The fourth-order valence-corrected chi connectivity index (χ4v) is 7.57. The van der Waals surface area contributed by atoms with Crippen LogP contribution in [0.1, 0.15) is 50.2 Å². The number of sulfonamides is 1. The standard InChI is InChI=1S/C38H42ClN3O5S/c1-2-47-34-24-22-33(23-25-34)42(48(45,46)35-16-10-5-11-17-35)28-37(43)41(27-30-18-20-31(39)21-19-30)36(26-29-12-6-3-7-13-29)38(44)40-32-14-8-4-9-15-32/h3,5-7,10-13,16-25,32,36H,2,4,8-9,14-15,26-28H2,1H3,(H,40,44)/t36-/m1/s1. The maximum atomic E-state index is 14.7. The summed E-state index contributed by atoms with van der Waals surface area (Å²) >= 11 is 6.19. The molecule has 1 fully saturated rings. The second-order valence-electron chi connectivity index (χ2n) is 11.9. The first kappa shape index (κ1) is 35.0. The molecule has 1 N–H and O–H groups in total. The number of hydrogen-bond acceptors (Lipinski definition) is 5. The predicted molar refractivity (Wildman–Crippen MR) is 190 cm³/mol. The Labute approximate surface area is 288 Å². The third-order valence-electron chi connectivity index (χ3n) is 8.53. The van der Waals surface area contributed by atoms with E-state index in [4.69, 9.17) is 16.3 Å². The van der Waals surface area contributed by atoms with Crippen molar-refractivity contribution in [3.8, 4) is 5.75 Å². The summed E-state index contributed by atoms with van der Waals surface area (Å²) in [6.45, 7) is 1.87. The van der Waals surface area contributed by atoms with Crippen molar-refractivity contribution in [1.82, 2.24) is 10.2 Å². The van der Waals surface area contributed by atoms with Gasteiger partial charge in [-0.05, 0) is 79.4 Å². The van der Waals surface area contributed by atoms with E-state index in [0.717, 1.165) is 47.5 Å². The lowest BCUT2D eigenvalue weighted by molar-refractivity contribution is -0.140. The van der Waals surface area contributed by atoms with E-state index >= 15 is 0 Å². The molecule has 2 amide bonds. The summed E-state index contributed by atoms with van der Waals surface area (Å²) in [5.41, 5.74) is 1.94. The van der Waals surface area contributed by atoms with Crippen LogP contribution in [0.15, 0.2) is 114 Å². The molecule has 0 spiro atoms. The highest BCUT2D eigenvalue weighted by atomic mass is 35.5. The molecule has 0 saturated heterocycles. The Hall–Kier alpha value is -4.34. The summed E-state index contributed by atoms with van der Waals surface area (Å²) in [7, 11) is -4.19. The SMILES string of the molecule is CCOc1ccc(N(CC(=O)N(Cc2ccc(Cl)cc2)[C@H](Cc2ccccc2)C(=O)NC2CCCCC2)S(=O)(=O)c2ccccc2)cc1. The van der Waals surface area contributed by atoms with Crippen molar-refractivity contribution < 1.29 is 22.7 Å². The molecule has 4 aromatic rings. The van der Waals surface area contributed by atoms with E-state index < -0.39 is 28.5 Å². The topological polar surface area (TPSA) is 96.0 Å². The molecule has 0 bridgehead atoms. The zero-order chi connectivity index (χ0) is 33.9. The van der Waals surface area contributed by atoms with Crippen molar-refractivity contribution in [3.63, 3.8) is 0 Å². The molecule has 1 aliphatic carbocycles. The Morgan fingerprint density at radius 1 is 0.833 bits per heavy atom. The Bertz CT molecular complexity index is 1730. The van der Waals surface area contributed by atoms with Gasteiger partial charge < -0.3 is 15.0 Å². The molecule has 5 rings (SSSR count). The van der Waals surface area contributed by atoms with Crippen LogP contribution >= 0.6 is 11.6 Å². The van der Waals surface area contributed by atoms with Crippen LogP contribution in [0.3, 0.4) is 0 Å². The molecule has 0 heterocycles. The van der Waals surface area contributed by atoms with Crippen molar-refractivity contribution in [3.05, 3.63) is 125 Å². The molecule has 0 radical (unpaired) electrons. The van der Waals surface area contributed by atoms with Gasteiger partial charge in [-0.15, -0.1) is 0 Å². The zero-order valence-corrected chi connectivity index (χ0v) is 28.7. The third kappa shape index (κ3) is 9.17. The zero-order valence-electron chi connectivity index (χ0n) is 27.1. The van der Waals surface area contributed by atoms with Gasteiger partial charge in [0.2, 0.25) is 11.8 Å². The number of carbonyl (C=O) groups excluding carboxylic acids is 2. The maximum Gasteiger partial charge on any atom is 0.264 e. The summed E-state index contributed by atoms with van der Waals surface area (Å²) in [6, 6.07) is 30.4. The van der Waals surface area contributed by atoms with E-state index in [1.807, 2.05) is 49.4 Å². The van der Waals surface area contributed by atoms with Gasteiger partial charge in [-0.2, -0.15) is 0 Å². The van der Waals surface area contributed by atoms with Gasteiger partial charge in [0.05, 0.1) is 17.2 Å². The highest BCUT2D eigenvalue weighted by Gasteiger charge is 2.35. The van der Waals surface area contributed by atoms with Crippen molar-refractivity contribution >= 4 is 39.1 Å². The molecule has 48 heavy (non-hydrogen) atoms. The number of benzene rings is 4. The van der Waals surface area contributed by atoms with Gasteiger partial charge in [-0.25, -0.2) is 8.42 Å². The fraction of sp³-hybridized carbons (Fsp3) is 0.316. The smallest absolute Gasteiger partial charge is 0.264 e. The van der Waals surface area contributed by atoms with Crippen LogP contribution in [-0.4, -0.2) is 50.4 Å². The Balaban J connectivity index is 1.55. The van der Waals surface area contributed by atoms with Crippen LogP contribution < -0.4 is 14.4 Å². The molecule has 4 aromatic carbocycles. The average molecular weight is 688 g/mol. The molecule has 1 saturated carbocycles. The number of rotatable bonds is 14. The maximum absolute atomic E-state index is 14.7. The third-order valence-corrected chi connectivity index (χ3v) is 10.6. The lowest BCUT2D eigenvalue weighted by Crippen LogP contribution is -2.55. The molecule has 0 aromatic heterocycles. The van der Waals surface area contributed by atoms with Crippen LogP contribution in [0, 0.1) is 0 Å². The van der Waals surface area contributed by atoms with E-state index in [1.54, 1.807) is 54.6 Å². The molecule has 252 valence electrons. The lowest BCUT2D eigenvalue weighted by Gasteiger charge is -2.35. The molecule has 8 nitrogen and oxygen atoms in total. The van der Waals surface area contributed by atoms with E-state index in [0.29, 0.717) is 23.1 Å². The average Bonchev–Trinajstić information content (AvgIpc) is 3.11. The number of anilines is 1. The number of carbonyl (C=O) groups is 2. The lowest BCUT2D eigenvalue weighted by atomic mass is 9.94. The normalized spacial score (nSPS) is 14.1. The summed E-state index contributed by atoms with van der Waals surface area (Å²) in [5, 5.41) is 3.77. The molecule has 10 heteroatoms. The van der Waals surface area contributed by atoms with Crippen LogP contribution in [0.2, 0.25) is 5.02 Å². The number of nitrogens with zero attached hydrogens (tertiary/aromatic N) is 2. The van der Waals surface area contributed by atoms with Crippen LogP contribution in [-0.2, 0) is 32.6 Å². The van der Waals surface area contributed by atoms with Gasteiger partial charge in [0, 0.05) is 24.0 Å². The quantitative estimate of drug-likeness (QED) is 0.154. The second-order valence-corrected chi connectivity index (χ2v) is 14.2. The highest BCUT2D eigenvalue weighted by Crippen LogP contribution is 2.27. The van der Waals surface area contributed by atoms with Crippen LogP contribution in [0.4, 0.5) is 5.69 Å². The Morgan fingerprint density at radius 3 is 2.08 bits per heavy atom. The van der Waals surface area contributed by atoms with Crippen molar-refractivity contribution in [2.75, 3.05) is 17.5 Å². The largest absolute Gasteiger partial charge is 0.494 e.